The molecule has 8 nitrogen and oxygen atoms in total. The standard InChI is InChI=1S/C35H33N5O3/c36-23-31-30(28-9-5-2-6-10-28)15-16-38-35(31)42-25-33-39-34(29-13-11-27(12-14-29)26-7-3-1-4-8-26)32(43-33)24-37-17-18-40-19-21-41-22-20-40/h1-16,37H,17-22,24-25H2. The highest BCUT2D eigenvalue weighted by Gasteiger charge is 2.18. The van der Waals surface area contributed by atoms with E-state index in [1.165, 1.54) is 0 Å². The zero-order valence-corrected chi connectivity index (χ0v) is 23.9. The van der Waals surface area contributed by atoms with Crippen molar-refractivity contribution < 1.29 is 13.9 Å². The first-order chi connectivity index (χ1) is 21.3. The Morgan fingerprint density at radius 2 is 1.51 bits per heavy atom. The quantitative estimate of drug-likeness (QED) is 0.195. The van der Waals surface area contributed by atoms with E-state index >= 15 is 0 Å². The van der Waals surface area contributed by atoms with Crippen LogP contribution < -0.4 is 10.1 Å². The van der Waals surface area contributed by atoms with Crippen molar-refractivity contribution in [3.8, 4) is 45.5 Å². The molecule has 0 spiro atoms. The van der Waals surface area contributed by atoms with Gasteiger partial charge in [0.2, 0.25) is 11.8 Å². The molecule has 2 aromatic heterocycles. The number of oxazole rings is 1. The van der Waals surface area contributed by atoms with Crippen molar-refractivity contribution in [2.24, 2.45) is 0 Å². The number of pyridine rings is 1. The number of nitrogens with one attached hydrogen (secondary N) is 1. The maximum Gasteiger partial charge on any atom is 0.233 e. The third-order valence-corrected chi connectivity index (χ3v) is 7.45. The van der Waals surface area contributed by atoms with Gasteiger partial charge in [0.15, 0.2) is 6.61 Å². The number of rotatable bonds is 11. The summed E-state index contributed by atoms with van der Waals surface area (Å²) < 4.78 is 17.7. The van der Waals surface area contributed by atoms with Crippen LogP contribution in [-0.4, -0.2) is 54.3 Å². The average Bonchev–Trinajstić information content (AvgIpc) is 3.49. The molecule has 1 saturated heterocycles. The molecule has 0 saturated carbocycles. The molecule has 0 radical (unpaired) electrons. The summed E-state index contributed by atoms with van der Waals surface area (Å²) in [4.78, 5) is 11.6. The van der Waals surface area contributed by atoms with Crippen LogP contribution in [0, 0.1) is 11.3 Å². The fourth-order valence-electron chi connectivity index (χ4n) is 5.17. The smallest absolute Gasteiger partial charge is 0.233 e. The van der Waals surface area contributed by atoms with Gasteiger partial charge in [-0.25, -0.2) is 9.97 Å². The number of hydrogen-bond donors (Lipinski definition) is 1. The third-order valence-electron chi connectivity index (χ3n) is 7.45. The number of ether oxygens (including phenoxy) is 2. The van der Waals surface area contributed by atoms with Gasteiger partial charge < -0.3 is 19.2 Å². The van der Waals surface area contributed by atoms with Crippen LogP contribution in [0.5, 0.6) is 5.88 Å². The Bertz CT molecular complexity index is 1660. The molecule has 5 aromatic rings. The Morgan fingerprint density at radius 1 is 0.837 bits per heavy atom. The Kier molecular flexibility index (Phi) is 9.16. The van der Waals surface area contributed by atoms with Crippen molar-refractivity contribution in [2.45, 2.75) is 13.2 Å². The molecule has 0 amide bonds. The van der Waals surface area contributed by atoms with E-state index in [0.717, 1.165) is 78.7 Å². The summed E-state index contributed by atoms with van der Waals surface area (Å²) in [6, 6.07) is 32.5. The summed E-state index contributed by atoms with van der Waals surface area (Å²) in [5.74, 6) is 1.41. The second-order valence-electron chi connectivity index (χ2n) is 10.3. The number of nitrogens with zero attached hydrogens (tertiary/aromatic N) is 4. The van der Waals surface area contributed by atoms with E-state index < -0.39 is 0 Å². The van der Waals surface area contributed by atoms with Crippen LogP contribution in [0.3, 0.4) is 0 Å². The summed E-state index contributed by atoms with van der Waals surface area (Å²) in [6.07, 6.45) is 1.65. The van der Waals surface area contributed by atoms with E-state index in [1.807, 2.05) is 54.6 Å². The first-order valence-corrected chi connectivity index (χ1v) is 14.5. The van der Waals surface area contributed by atoms with E-state index in [2.05, 4.69) is 57.7 Å². The molecule has 1 aliphatic rings. The summed E-state index contributed by atoms with van der Waals surface area (Å²) in [6.45, 7) is 5.80. The first-order valence-electron chi connectivity index (χ1n) is 14.5. The largest absolute Gasteiger partial charge is 0.467 e. The lowest BCUT2D eigenvalue weighted by Gasteiger charge is -2.26. The maximum absolute atomic E-state index is 9.95. The van der Waals surface area contributed by atoms with Crippen LogP contribution in [0.2, 0.25) is 0 Å². The van der Waals surface area contributed by atoms with Crippen LogP contribution in [-0.2, 0) is 17.9 Å². The summed E-state index contributed by atoms with van der Waals surface area (Å²) in [5, 5.41) is 13.5. The van der Waals surface area contributed by atoms with Crippen molar-refractivity contribution in [1.29, 1.82) is 5.26 Å². The zero-order valence-electron chi connectivity index (χ0n) is 23.9. The van der Waals surface area contributed by atoms with E-state index in [-0.39, 0.29) is 12.5 Å². The maximum atomic E-state index is 9.95. The van der Waals surface area contributed by atoms with E-state index in [0.29, 0.717) is 18.0 Å². The second-order valence-corrected chi connectivity index (χ2v) is 10.3. The van der Waals surface area contributed by atoms with Gasteiger partial charge in [-0.3, -0.25) is 4.90 Å². The van der Waals surface area contributed by atoms with Crippen LogP contribution in [0.25, 0.3) is 33.5 Å². The Balaban J connectivity index is 1.21. The highest BCUT2D eigenvalue weighted by molar-refractivity contribution is 5.72. The molecule has 43 heavy (non-hydrogen) atoms. The molecule has 0 unspecified atom stereocenters. The van der Waals surface area contributed by atoms with Crippen molar-refractivity contribution >= 4 is 0 Å². The van der Waals surface area contributed by atoms with Gasteiger partial charge >= 0.3 is 0 Å². The second kappa shape index (κ2) is 13.9. The lowest BCUT2D eigenvalue weighted by Crippen LogP contribution is -2.40. The molecule has 6 rings (SSSR count). The van der Waals surface area contributed by atoms with E-state index in [1.54, 1.807) is 6.20 Å². The Hall–Kier alpha value is -4.81. The van der Waals surface area contributed by atoms with Crippen molar-refractivity contribution in [3.63, 3.8) is 0 Å². The van der Waals surface area contributed by atoms with Gasteiger partial charge in [0.1, 0.15) is 23.1 Å². The van der Waals surface area contributed by atoms with Crippen LogP contribution in [0.1, 0.15) is 17.2 Å². The first kappa shape index (κ1) is 28.3. The highest BCUT2D eigenvalue weighted by atomic mass is 16.5. The van der Waals surface area contributed by atoms with Gasteiger partial charge in [0.05, 0.1) is 19.8 Å². The topological polar surface area (TPSA) is 96.4 Å². The predicted molar refractivity (Wildman–Crippen MR) is 165 cm³/mol. The Labute approximate surface area is 251 Å². The molecule has 0 aliphatic carbocycles. The van der Waals surface area contributed by atoms with E-state index in [4.69, 9.17) is 18.9 Å². The SMILES string of the molecule is N#Cc1c(-c2ccccc2)ccnc1OCc1nc(-c2ccc(-c3ccccc3)cc2)c(CNCCN2CCOCC2)o1. The molecule has 3 aromatic carbocycles. The van der Waals surface area contributed by atoms with Crippen molar-refractivity contribution in [2.75, 3.05) is 39.4 Å². The van der Waals surface area contributed by atoms with Gasteiger partial charge in [-0.15, -0.1) is 0 Å². The van der Waals surface area contributed by atoms with Gasteiger partial charge in [-0.05, 0) is 22.8 Å². The van der Waals surface area contributed by atoms with Crippen LogP contribution in [0.15, 0.2) is 102 Å². The fourth-order valence-corrected chi connectivity index (χ4v) is 5.17. The van der Waals surface area contributed by atoms with E-state index in [9.17, 15) is 5.26 Å². The number of benzene rings is 3. The fraction of sp³-hybridized carbons (Fsp3) is 0.229. The third kappa shape index (κ3) is 6.99. The number of morpholine rings is 1. The number of hydrogen-bond acceptors (Lipinski definition) is 8. The lowest BCUT2D eigenvalue weighted by atomic mass is 10.0. The normalized spacial score (nSPS) is 13.5. The molecule has 3 heterocycles. The van der Waals surface area contributed by atoms with Gasteiger partial charge in [-0.2, -0.15) is 5.26 Å². The van der Waals surface area contributed by atoms with Crippen molar-refractivity contribution in [1.82, 2.24) is 20.2 Å². The van der Waals surface area contributed by atoms with Crippen LogP contribution in [0.4, 0.5) is 0 Å². The lowest BCUT2D eigenvalue weighted by molar-refractivity contribution is 0.0383. The molecule has 1 N–H and O–H groups in total. The number of aromatic nitrogens is 2. The van der Waals surface area contributed by atoms with Gasteiger partial charge in [0, 0.05) is 43.5 Å². The molecular formula is C35H33N5O3. The minimum atomic E-state index is 0.0444. The van der Waals surface area contributed by atoms with Crippen LogP contribution >= 0.6 is 0 Å². The zero-order chi connectivity index (χ0) is 29.3. The minimum absolute atomic E-state index is 0.0444. The monoisotopic (exact) mass is 571 g/mol. The minimum Gasteiger partial charge on any atom is -0.467 e. The average molecular weight is 572 g/mol. The molecule has 8 heteroatoms. The van der Waals surface area contributed by atoms with Crippen molar-refractivity contribution in [3.05, 3.63) is 114 Å². The van der Waals surface area contributed by atoms with Gasteiger partial charge in [-0.1, -0.05) is 84.9 Å². The van der Waals surface area contributed by atoms with Gasteiger partial charge in [0.25, 0.3) is 0 Å². The molecule has 0 atom stereocenters. The molecule has 0 bridgehead atoms. The molecule has 216 valence electrons. The summed E-state index contributed by atoms with van der Waals surface area (Å²) in [5.41, 5.74) is 6.09. The summed E-state index contributed by atoms with van der Waals surface area (Å²) in [7, 11) is 0. The molecular weight excluding hydrogens is 538 g/mol. The highest BCUT2D eigenvalue weighted by Crippen LogP contribution is 2.30. The number of nitriles is 1. The summed E-state index contributed by atoms with van der Waals surface area (Å²) >= 11 is 0. The predicted octanol–water partition coefficient (Wildman–Crippen LogP) is 5.94. The molecule has 1 aliphatic heterocycles. The molecule has 1 fully saturated rings. The Morgan fingerprint density at radius 3 is 2.23 bits per heavy atom.